The van der Waals surface area contributed by atoms with Crippen molar-refractivity contribution in [2.24, 2.45) is 29.1 Å². The Hall–Kier alpha value is -0.820. The first-order valence-corrected chi connectivity index (χ1v) is 13.7. The molecule has 4 bridgehead atoms. The number of benzene rings is 1. The Kier molecular flexibility index (Phi) is 5.81. The molecule has 0 aromatic heterocycles. The zero-order chi connectivity index (χ0) is 21.8. The Balaban J connectivity index is 1.23. The summed E-state index contributed by atoms with van der Waals surface area (Å²) in [5.41, 5.74) is -0.161. The highest BCUT2D eigenvalue weighted by molar-refractivity contribution is 7.89. The molecule has 1 N–H and O–H groups in total. The van der Waals surface area contributed by atoms with E-state index < -0.39 is 10.0 Å². The van der Waals surface area contributed by atoms with Crippen molar-refractivity contribution in [1.29, 1.82) is 0 Å². The summed E-state index contributed by atoms with van der Waals surface area (Å²) in [7, 11) is -3.69. The molecule has 170 valence electrons. The number of hydrogen-bond acceptors (Lipinski definition) is 3. The first-order chi connectivity index (χ1) is 14.7. The molecule has 1 amide bonds. The summed E-state index contributed by atoms with van der Waals surface area (Å²) < 4.78 is 27.8. The third-order valence-corrected chi connectivity index (χ3v) is 10.6. The number of sulfonamides is 1. The Labute approximate surface area is 194 Å². The molecule has 0 radical (unpaired) electrons. The van der Waals surface area contributed by atoms with E-state index in [1.807, 2.05) is 0 Å². The van der Waals surface area contributed by atoms with Crippen molar-refractivity contribution in [3.63, 3.8) is 0 Å². The first kappa shape index (κ1) is 22.0. The lowest BCUT2D eigenvalue weighted by atomic mass is 9.49. The molecule has 1 saturated heterocycles. The zero-order valence-corrected chi connectivity index (χ0v) is 20.0. The molecule has 1 unspecified atom stereocenters. The lowest BCUT2D eigenvalue weighted by Gasteiger charge is -2.55. The van der Waals surface area contributed by atoms with Crippen LogP contribution in [-0.4, -0.2) is 38.3 Å². The van der Waals surface area contributed by atoms with Crippen LogP contribution in [0.4, 0.5) is 0 Å². The Morgan fingerprint density at radius 2 is 1.74 bits per heavy atom. The van der Waals surface area contributed by atoms with Gasteiger partial charge in [-0.25, -0.2) is 8.42 Å². The highest BCUT2D eigenvalue weighted by Crippen LogP contribution is 2.60. The van der Waals surface area contributed by atoms with Gasteiger partial charge in [0.25, 0.3) is 0 Å². The van der Waals surface area contributed by atoms with Crippen molar-refractivity contribution < 1.29 is 13.2 Å². The standard InChI is InChI=1S/C23H30Cl2N2O3S/c24-19-3-4-21(20(25)9-19)31(29,30)27-5-1-2-15(14-27)13-26-22(28)23-10-16-6-17(11-23)8-18(7-16)12-23/h3-4,9,15-18H,1-2,5-8,10-14H2,(H,26,28). The summed E-state index contributed by atoms with van der Waals surface area (Å²) in [6, 6.07) is 4.48. The highest BCUT2D eigenvalue weighted by Gasteiger charge is 2.54. The fraction of sp³-hybridized carbons (Fsp3) is 0.696. The Morgan fingerprint density at radius 1 is 1.10 bits per heavy atom. The van der Waals surface area contributed by atoms with Crippen LogP contribution in [0.2, 0.25) is 10.0 Å². The second kappa shape index (κ2) is 8.19. The molecule has 4 saturated carbocycles. The van der Waals surface area contributed by atoms with E-state index in [2.05, 4.69) is 5.32 Å². The van der Waals surface area contributed by atoms with Crippen LogP contribution in [-0.2, 0) is 14.8 Å². The van der Waals surface area contributed by atoms with Crippen LogP contribution in [0.15, 0.2) is 23.1 Å². The monoisotopic (exact) mass is 484 g/mol. The molecule has 5 aliphatic rings. The summed E-state index contributed by atoms with van der Waals surface area (Å²) in [6.07, 6.45) is 8.78. The van der Waals surface area contributed by atoms with E-state index in [-0.39, 0.29) is 27.2 Å². The minimum absolute atomic E-state index is 0.0943. The summed E-state index contributed by atoms with van der Waals surface area (Å²) >= 11 is 12.1. The number of hydrogen-bond donors (Lipinski definition) is 1. The number of nitrogens with zero attached hydrogens (tertiary/aromatic N) is 1. The molecular formula is C23H30Cl2N2O3S. The average Bonchev–Trinajstić information content (AvgIpc) is 2.71. The van der Waals surface area contributed by atoms with Gasteiger partial charge in [-0.1, -0.05) is 23.2 Å². The lowest BCUT2D eigenvalue weighted by molar-refractivity contribution is -0.146. The molecule has 0 spiro atoms. The van der Waals surface area contributed by atoms with Crippen LogP contribution >= 0.6 is 23.2 Å². The van der Waals surface area contributed by atoms with Gasteiger partial charge in [0.2, 0.25) is 15.9 Å². The number of carbonyl (C=O) groups excluding carboxylic acids is 1. The van der Waals surface area contributed by atoms with Crippen LogP contribution in [0.3, 0.4) is 0 Å². The molecule has 5 nitrogen and oxygen atoms in total. The van der Waals surface area contributed by atoms with Crippen molar-refractivity contribution >= 4 is 39.1 Å². The molecule has 6 rings (SSSR count). The van der Waals surface area contributed by atoms with E-state index in [4.69, 9.17) is 23.2 Å². The van der Waals surface area contributed by atoms with E-state index >= 15 is 0 Å². The van der Waals surface area contributed by atoms with E-state index in [1.54, 1.807) is 6.07 Å². The Bertz CT molecular complexity index is 946. The molecular weight excluding hydrogens is 455 g/mol. The van der Waals surface area contributed by atoms with Gasteiger partial charge >= 0.3 is 0 Å². The highest BCUT2D eigenvalue weighted by atomic mass is 35.5. The Morgan fingerprint density at radius 3 is 2.35 bits per heavy atom. The predicted molar refractivity (Wildman–Crippen MR) is 122 cm³/mol. The third kappa shape index (κ3) is 4.14. The number of amides is 1. The largest absolute Gasteiger partial charge is 0.355 e. The van der Waals surface area contributed by atoms with Gasteiger partial charge in [0.1, 0.15) is 4.90 Å². The molecule has 5 fully saturated rings. The second-order valence-corrected chi connectivity index (χ2v) is 13.1. The number of piperidine rings is 1. The van der Waals surface area contributed by atoms with Gasteiger partial charge in [-0.2, -0.15) is 4.31 Å². The van der Waals surface area contributed by atoms with Gasteiger partial charge in [0.15, 0.2) is 0 Å². The second-order valence-electron chi connectivity index (χ2n) is 10.4. The summed E-state index contributed by atoms with van der Waals surface area (Å²) in [5, 5.41) is 3.79. The van der Waals surface area contributed by atoms with Crippen molar-refractivity contribution in [3.8, 4) is 0 Å². The number of rotatable bonds is 5. The minimum Gasteiger partial charge on any atom is -0.355 e. The van der Waals surface area contributed by atoms with Gasteiger partial charge in [-0.15, -0.1) is 0 Å². The smallest absolute Gasteiger partial charge is 0.244 e. The number of carbonyl (C=O) groups is 1. The van der Waals surface area contributed by atoms with E-state index in [0.717, 1.165) is 49.9 Å². The lowest BCUT2D eigenvalue weighted by Crippen LogP contribution is -2.54. The van der Waals surface area contributed by atoms with Gasteiger partial charge in [-0.05, 0) is 93.2 Å². The van der Waals surface area contributed by atoms with Crippen molar-refractivity contribution in [3.05, 3.63) is 28.2 Å². The first-order valence-electron chi connectivity index (χ1n) is 11.5. The van der Waals surface area contributed by atoms with Crippen LogP contribution < -0.4 is 5.32 Å². The fourth-order valence-electron chi connectivity index (χ4n) is 7.05. The van der Waals surface area contributed by atoms with Gasteiger partial charge in [0, 0.05) is 30.1 Å². The minimum atomic E-state index is -3.69. The summed E-state index contributed by atoms with van der Waals surface area (Å²) in [5.74, 6) is 2.53. The maximum absolute atomic E-state index is 13.2. The summed E-state index contributed by atoms with van der Waals surface area (Å²) in [4.78, 5) is 13.3. The van der Waals surface area contributed by atoms with E-state index in [0.29, 0.717) is 24.7 Å². The van der Waals surface area contributed by atoms with Crippen LogP contribution in [0.5, 0.6) is 0 Å². The van der Waals surface area contributed by atoms with Gasteiger partial charge < -0.3 is 5.32 Å². The topological polar surface area (TPSA) is 66.5 Å². The molecule has 1 aromatic rings. The molecule has 1 atom stereocenters. The van der Waals surface area contributed by atoms with Gasteiger partial charge in [0.05, 0.1) is 5.02 Å². The SMILES string of the molecule is O=C(NCC1CCCN(S(=O)(=O)c2ccc(Cl)cc2Cl)C1)C12CC3CC(CC(C3)C1)C2. The van der Waals surface area contributed by atoms with Crippen molar-refractivity contribution in [1.82, 2.24) is 9.62 Å². The molecule has 31 heavy (non-hydrogen) atoms. The van der Waals surface area contributed by atoms with E-state index in [1.165, 1.54) is 35.7 Å². The molecule has 4 aliphatic carbocycles. The van der Waals surface area contributed by atoms with Crippen LogP contribution in [0.25, 0.3) is 0 Å². The van der Waals surface area contributed by atoms with Crippen molar-refractivity contribution in [2.75, 3.05) is 19.6 Å². The quantitative estimate of drug-likeness (QED) is 0.656. The molecule has 8 heteroatoms. The zero-order valence-electron chi connectivity index (χ0n) is 17.7. The van der Waals surface area contributed by atoms with Crippen LogP contribution in [0, 0.1) is 29.1 Å². The number of nitrogens with one attached hydrogen (secondary N) is 1. The fourth-order valence-corrected chi connectivity index (χ4v) is 9.35. The maximum Gasteiger partial charge on any atom is 0.244 e. The van der Waals surface area contributed by atoms with Gasteiger partial charge in [-0.3, -0.25) is 4.79 Å². The molecule has 1 heterocycles. The van der Waals surface area contributed by atoms with Crippen molar-refractivity contribution in [2.45, 2.75) is 56.3 Å². The number of halogens is 2. The third-order valence-electron chi connectivity index (χ3n) is 8.06. The summed E-state index contributed by atoms with van der Waals surface area (Å²) in [6.45, 7) is 1.42. The maximum atomic E-state index is 13.2. The normalized spacial score (nSPS) is 35.3. The average molecular weight is 485 g/mol. The molecule has 1 aromatic carbocycles. The predicted octanol–water partition coefficient (Wildman–Crippen LogP) is 4.73. The van der Waals surface area contributed by atoms with Crippen LogP contribution in [0.1, 0.15) is 51.4 Å². The van der Waals surface area contributed by atoms with E-state index in [9.17, 15) is 13.2 Å². The molecule has 1 aliphatic heterocycles.